The molecule has 0 atom stereocenters. The molecule has 1 aromatic heterocycles. The van der Waals surface area contributed by atoms with Crippen molar-refractivity contribution >= 4 is 55.5 Å². The van der Waals surface area contributed by atoms with Gasteiger partial charge in [0.15, 0.2) is 4.34 Å². The smallest absolute Gasteiger partial charge is 0.271 e. The third kappa shape index (κ3) is 7.74. The summed E-state index contributed by atoms with van der Waals surface area (Å²) >= 11 is 2.86. The van der Waals surface area contributed by atoms with Crippen molar-refractivity contribution in [2.24, 2.45) is 5.92 Å². The highest BCUT2D eigenvalue weighted by molar-refractivity contribution is 8.01. The van der Waals surface area contributed by atoms with Gasteiger partial charge in [-0.3, -0.25) is 19.2 Å². The van der Waals surface area contributed by atoms with Crippen molar-refractivity contribution in [2.45, 2.75) is 38.0 Å². The SMILES string of the molecule is Cc1ccc([N+](=O)[O-])cc1N(CCCC(=O)Nc1nnc(SCC(C)C)s1)S(C)(=O)=O. The van der Waals surface area contributed by atoms with Gasteiger partial charge >= 0.3 is 0 Å². The molecular weight excluding hydrogens is 462 g/mol. The Morgan fingerprint density at radius 1 is 1.35 bits per heavy atom. The zero-order valence-electron chi connectivity index (χ0n) is 17.7. The van der Waals surface area contributed by atoms with Gasteiger partial charge in [-0.1, -0.05) is 43.0 Å². The second kappa shape index (κ2) is 10.9. The van der Waals surface area contributed by atoms with E-state index in [1.54, 1.807) is 18.7 Å². The number of benzene rings is 1. The molecule has 13 heteroatoms. The first-order valence-electron chi connectivity index (χ1n) is 9.46. The second-order valence-corrected chi connectivity index (χ2v) is 11.4. The molecule has 1 heterocycles. The summed E-state index contributed by atoms with van der Waals surface area (Å²) < 4.78 is 26.4. The molecule has 0 aliphatic carbocycles. The van der Waals surface area contributed by atoms with Crippen molar-refractivity contribution in [1.82, 2.24) is 10.2 Å². The summed E-state index contributed by atoms with van der Waals surface area (Å²) in [4.78, 5) is 22.7. The van der Waals surface area contributed by atoms with E-state index in [0.717, 1.165) is 20.7 Å². The standard InChI is InChI=1S/C18H25N5O5S3/c1-12(2)11-29-18-21-20-17(30-18)19-16(24)6-5-9-22(31(4,27)28)15-10-14(23(25)26)8-7-13(15)3/h7-8,10,12H,5-6,9,11H2,1-4H3,(H,19,20,24). The fourth-order valence-corrected chi connectivity index (χ4v) is 5.33. The monoisotopic (exact) mass is 487 g/mol. The number of aromatic nitrogens is 2. The summed E-state index contributed by atoms with van der Waals surface area (Å²) in [7, 11) is -3.69. The molecule has 1 N–H and O–H groups in total. The number of hydrogen-bond donors (Lipinski definition) is 1. The van der Waals surface area contributed by atoms with Crippen molar-refractivity contribution in [3.63, 3.8) is 0 Å². The summed E-state index contributed by atoms with van der Waals surface area (Å²) in [5.41, 5.74) is 0.614. The van der Waals surface area contributed by atoms with Crippen LogP contribution in [0.2, 0.25) is 0 Å². The molecule has 0 aliphatic rings. The molecule has 0 radical (unpaired) electrons. The zero-order chi connectivity index (χ0) is 23.2. The van der Waals surface area contributed by atoms with Crippen LogP contribution in [0, 0.1) is 23.0 Å². The average Bonchev–Trinajstić information content (AvgIpc) is 3.10. The van der Waals surface area contributed by atoms with Gasteiger partial charge < -0.3 is 5.32 Å². The van der Waals surface area contributed by atoms with E-state index < -0.39 is 14.9 Å². The van der Waals surface area contributed by atoms with E-state index in [0.29, 0.717) is 16.6 Å². The van der Waals surface area contributed by atoms with Crippen molar-refractivity contribution in [1.29, 1.82) is 0 Å². The lowest BCUT2D eigenvalue weighted by atomic mass is 10.1. The topological polar surface area (TPSA) is 135 Å². The summed E-state index contributed by atoms with van der Waals surface area (Å²) in [6.45, 7) is 5.89. The number of nitro groups is 1. The van der Waals surface area contributed by atoms with E-state index in [9.17, 15) is 23.3 Å². The first-order valence-corrected chi connectivity index (χ1v) is 13.1. The molecule has 0 bridgehead atoms. The zero-order valence-corrected chi connectivity index (χ0v) is 20.1. The third-order valence-electron chi connectivity index (χ3n) is 4.03. The number of sulfonamides is 1. The lowest BCUT2D eigenvalue weighted by Gasteiger charge is -2.23. The minimum Gasteiger partial charge on any atom is -0.301 e. The second-order valence-electron chi connectivity index (χ2n) is 7.29. The number of rotatable bonds is 11. The number of aryl methyl sites for hydroxylation is 1. The van der Waals surface area contributed by atoms with Crippen LogP contribution in [0.3, 0.4) is 0 Å². The van der Waals surface area contributed by atoms with Crippen LogP contribution in [0.25, 0.3) is 0 Å². The normalized spacial score (nSPS) is 11.5. The van der Waals surface area contributed by atoms with E-state index in [2.05, 4.69) is 29.4 Å². The summed E-state index contributed by atoms with van der Waals surface area (Å²) in [5, 5.41) is 22.1. The molecule has 0 aliphatic heterocycles. The van der Waals surface area contributed by atoms with Crippen LogP contribution in [0.5, 0.6) is 0 Å². The Kier molecular flexibility index (Phi) is 8.77. The Hall–Kier alpha value is -2.25. The molecule has 0 saturated carbocycles. The van der Waals surface area contributed by atoms with Crippen LogP contribution in [-0.2, 0) is 14.8 Å². The fraction of sp³-hybridized carbons (Fsp3) is 0.500. The predicted octanol–water partition coefficient (Wildman–Crippen LogP) is 3.69. The van der Waals surface area contributed by atoms with E-state index in [1.807, 2.05) is 0 Å². The van der Waals surface area contributed by atoms with Crippen molar-refractivity contribution in [3.8, 4) is 0 Å². The molecule has 0 fully saturated rings. The fourth-order valence-electron chi connectivity index (χ4n) is 2.57. The number of nitro benzene ring substituents is 1. The number of nitrogens with zero attached hydrogens (tertiary/aromatic N) is 4. The molecule has 170 valence electrons. The molecule has 2 aromatic rings. The number of carbonyl (C=O) groups is 1. The number of thioether (sulfide) groups is 1. The molecule has 1 aromatic carbocycles. The van der Waals surface area contributed by atoms with Crippen LogP contribution in [0.4, 0.5) is 16.5 Å². The van der Waals surface area contributed by atoms with Crippen molar-refractivity contribution < 1.29 is 18.1 Å². The predicted molar refractivity (Wildman–Crippen MR) is 123 cm³/mol. The van der Waals surface area contributed by atoms with Crippen LogP contribution in [-0.4, -0.2) is 48.0 Å². The van der Waals surface area contributed by atoms with E-state index >= 15 is 0 Å². The Balaban J connectivity index is 1.99. The Labute approximate surface area is 189 Å². The quantitative estimate of drug-likeness (QED) is 0.219. The minimum atomic E-state index is -3.69. The van der Waals surface area contributed by atoms with Crippen molar-refractivity contribution in [2.75, 3.05) is 28.2 Å². The van der Waals surface area contributed by atoms with E-state index in [4.69, 9.17) is 0 Å². The molecule has 0 saturated heterocycles. The highest BCUT2D eigenvalue weighted by atomic mass is 32.2. The maximum Gasteiger partial charge on any atom is 0.271 e. The van der Waals surface area contributed by atoms with E-state index in [-0.39, 0.29) is 36.7 Å². The number of nitrogens with one attached hydrogen (secondary N) is 1. The van der Waals surface area contributed by atoms with Crippen LogP contribution in [0.15, 0.2) is 22.5 Å². The number of non-ortho nitro benzene ring substituents is 1. The average molecular weight is 488 g/mol. The lowest BCUT2D eigenvalue weighted by molar-refractivity contribution is -0.384. The maximum absolute atomic E-state index is 12.3. The molecular formula is C18H25N5O5S3. The number of hydrogen-bond acceptors (Lipinski definition) is 9. The van der Waals surface area contributed by atoms with Gasteiger partial charge in [0.2, 0.25) is 21.1 Å². The first-order chi connectivity index (χ1) is 14.5. The molecule has 0 unspecified atom stereocenters. The molecule has 0 spiro atoms. The Morgan fingerprint density at radius 2 is 2.06 bits per heavy atom. The van der Waals surface area contributed by atoms with E-state index in [1.165, 1.54) is 29.5 Å². The van der Waals surface area contributed by atoms with Gasteiger partial charge in [0.1, 0.15) is 0 Å². The Morgan fingerprint density at radius 3 is 2.68 bits per heavy atom. The number of amides is 1. The first kappa shape index (κ1) is 25.0. The summed E-state index contributed by atoms with van der Waals surface area (Å²) in [6, 6.07) is 4.05. The number of anilines is 2. The third-order valence-corrected chi connectivity index (χ3v) is 7.61. The highest BCUT2D eigenvalue weighted by Crippen LogP contribution is 2.29. The van der Waals surface area contributed by atoms with Gasteiger partial charge in [-0.25, -0.2) is 8.42 Å². The Bertz CT molecular complexity index is 1040. The molecule has 2 rings (SSSR count). The molecule has 10 nitrogen and oxygen atoms in total. The van der Waals surface area contributed by atoms with Crippen LogP contribution < -0.4 is 9.62 Å². The number of carbonyl (C=O) groups excluding carboxylic acids is 1. The largest absolute Gasteiger partial charge is 0.301 e. The van der Waals surface area contributed by atoms with Gasteiger partial charge in [-0.2, -0.15) is 0 Å². The minimum absolute atomic E-state index is 0.0138. The highest BCUT2D eigenvalue weighted by Gasteiger charge is 2.22. The van der Waals surface area contributed by atoms with Gasteiger partial charge in [-0.05, 0) is 24.8 Å². The lowest BCUT2D eigenvalue weighted by Crippen LogP contribution is -2.32. The summed E-state index contributed by atoms with van der Waals surface area (Å²) in [6.07, 6.45) is 1.33. The maximum atomic E-state index is 12.3. The summed E-state index contributed by atoms with van der Waals surface area (Å²) in [5.74, 6) is 1.11. The molecule has 31 heavy (non-hydrogen) atoms. The van der Waals surface area contributed by atoms with Gasteiger partial charge in [0.05, 0.1) is 16.9 Å². The van der Waals surface area contributed by atoms with Crippen molar-refractivity contribution in [3.05, 3.63) is 33.9 Å². The van der Waals surface area contributed by atoms with Gasteiger partial charge in [-0.15, -0.1) is 10.2 Å². The van der Waals surface area contributed by atoms with Gasteiger partial charge in [0.25, 0.3) is 5.69 Å². The van der Waals surface area contributed by atoms with Gasteiger partial charge in [0, 0.05) is 30.9 Å². The van der Waals surface area contributed by atoms with Crippen LogP contribution >= 0.6 is 23.1 Å². The van der Waals surface area contributed by atoms with Crippen LogP contribution in [0.1, 0.15) is 32.3 Å². The molecule has 1 amide bonds.